The SMILES string of the molecule is CC(C)(C)OCCCCOC[O]. The van der Waals surface area contributed by atoms with Crippen LogP contribution in [-0.4, -0.2) is 25.6 Å². The van der Waals surface area contributed by atoms with E-state index >= 15 is 0 Å². The summed E-state index contributed by atoms with van der Waals surface area (Å²) in [7, 11) is 0. The Morgan fingerprint density at radius 1 is 1.08 bits per heavy atom. The largest absolute Gasteiger partial charge is 0.376 e. The smallest absolute Gasteiger partial charge is 0.180 e. The molecule has 1 radical (unpaired) electrons. The Kier molecular flexibility index (Phi) is 6.34. The highest BCUT2D eigenvalue weighted by molar-refractivity contribution is 4.58. The minimum atomic E-state index is -0.430. The number of rotatable bonds is 6. The molecule has 0 saturated heterocycles. The van der Waals surface area contributed by atoms with E-state index in [2.05, 4.69) is 4.74 Å². The van der Waals surface area contributed by atoms with Crippen molar-refractivity contribution in [3.05, 3.63) is 0 Å². The van der Waals surface area contributed by atoms with Crippen LogP contribution in [0, 0.1) is 0 Å². The molecule has 12 heavy (non-hydrogen) atoms. The third-order valence-electron chi connectivity index (χ3n) is 1.30. The van der Waals surface area contributed by atoms with Crippen LogP contribution in [0.5, 0.6) is 0 Å². The van der Waals surface area contributed by atoms with Crippen molar-refractivity contribution in [2.75, 3.05) is 20.0 Å². The Bertz CT molecular complexity index is 96.4. The average molecular weight is 175 g/mol. The third kappa shape index (κ3) is 9.88. The van der Waals surface area contributed by atoms with Gasteiger partial charge in [-0.15, -0.1) is 0 Å². The molecule has 73 valence electrons. The van der Waals surface area contributed by atoms with Gasteiger partial charge in [-0.3, -0.25) is 0 Å². The molecule has 0 saturated carbocycles. The standard InChI is InChI=1S/C9H19O3/c1-9(2,3)12-7-5-4-6-11-8-10/h4-8H2,1-3H3. The van der Waals surface area contributed by atoms with Crippen LogP contribution in [-0.2, 0) is 14.6 Å². The number of unbranched alkanes of at least 4 members (excludes halogenated alkanes) is 1. The fourth-order valence-corrected chi connectivity index (χ4v) is 0.743. The van der Waals surface area contributed by atoms with E-state index < -0.39 is 6.79 Å². The van der Waals surface area contributed by atoms with Gasteiger partial charge >= 0.3 is 0 Å². The van der Waals surface area contributed by atoms with E-state index in [1.165, 1.54) is 0 Å². The van der Waals surface area contributed by atoms with Crippen molar-refractivity contribution in [1.29, 1.82) is 0 Å². The van der Waals surface area contributed by atoms with Gasteiger partial charge in [0.15, 0.2) is 6.79 Å². The molecule has 0 rings (SSSR count). The van der Waals surface area contributed by atoms with Gasteiger partial charge in [0.25, 0.3) is 0 Å². The Morgan fingerprint density at radius 3 is 2.17 bits per heavy atom. The van der Waals surface area contributed by atoms with Crippen LogP contribution in [0.3, 0.4) is 0 Å². The molecule has 3 nitrogen and oxygen atoms in total. The lowest BCUT2D eigenvalue weighted by Gasteiger charge is -2.19. The summed E-state index contributed by atoms with van der Waals surface area (Å²) in [6.07, 6.45) is 1.86. The molecule has 0 aliphatic rings. The number of ether oxygens (including phenoxy) is 2. The average Bonchev–Trinajstić information content (AvgIpc) is 1.94. The molecule has 0 aromatic rings. The highest BCUT2D eigenvalue weighted by atomic mass is 16.6. The van der Waals surface area contributed by atoms with Crippen LogP contribution in [0.15, 0.2) is 0 Å². The summed E-state index contributed by atoms with van der Waals surface area (Å²) in [6, 6.07) is 0. The number of hydrogen-bond acceptors (Lipinski definition) is 2. The minimum absolute atomic E-state index is 0.0562. The predicted octanol–water partition coefficient (Wildman–Crippen LogP) is 1.99. The first-order valence-corrected chi connectivity index (χ1v) is 4.36. The van der Waals surface area contributed by atoms with Gasteiger partial charge < -0.3 is 9.47 Å². The van der Waals surface area contributed by atoms with Gasteiger partial charge in [0.1, 0.15) is 0 Å². The monoisotopic (exact) mass is 175 g/mol. The first-order valence-electron chi connectivity index (χ1n) is 4.36. The molecule has 0 amide bonds. The molecule has 0 fully saturated rings. The Morgan fingerprint density at radius 2 is 1.67 bits per heavy atom. The molecule has 0 heterocycles. The molecule has 0 aromatic carbocycles. The molecule has 0 aromatic heterocycles. The van der Waals surface area contributed by atoms with Crippen LogP contribution in [0.4, 0.5) is 0 Å². The third-order valence-corrected chi connectivity index (χ3v) is 1.30. The van der Waals surface area contributed by atoms with Crippen molar-refractivity contribution in [2.45, 2.75) is 39.2 Å². The van der Waals surface area contributed by atoms with E-state index in [1.807, 2.05) is 20.8 Å². The second-order valence-corrected chi connectivity index (χ2v) is 3.69. The Hall–Kier alpha value is -0.120. The lowest BCUT2D eigenvalue weighted by molar-refractivity contribution is -0.0494. The van der Waals surface area contributed by atoms with E-state index in [0.717, 1.165) is 19.4 Å². The van der Waals surface area contributed by atoms with Gasteiger partial charge in [0, 0.05) is 13.2 Å². The number of hydrogen-bond donors (Lipinski definition) is 0. The van der Waals surface area contributed by atoms with Crippen LogP contribution in [0.2, 0.25) is 0 Å². The predicted molar refractivity (Wildman–Crippen MR) is 46.4 cm³/mol. The van der Waals surface area contributed by atoms with E-state index in [1.54, 1.807) is 0 Å². The molecule has 0 aliphatic carbocycles. The summed E-state index contributed by atoms with van der Waals surface area (Å²) < 4.78 is 10.1. The molecule has 0 N–H and O–H groups in total. The van der Waals surface area contributed by atoms with Crippen molar-refractivity contribution in [3.63, 3.8) is 0 Å². The highest BCUT2D eigenvalue weighted by Gasteiger charge is 2.08. The van der Waals surface area contributed by atoms with Crippen LogP contribution >= 0.6 is 0 Å². The van der Waals surface area contributed by atoms with Crippen molar-refractivity contribution >= 4 is 0 Å². The quantitative estimate of drug-likeness (QED) is 0.457. The summed E-state index contributed by atoms with van der Waals surface area (Å²) in [5.74, 6) is 0. The molecule has 0 spiro atoms. The molecule has 0 aliphatic heterocycles. The van der Waals surface area contributed by atoms with Gasteiger partial charge in [-0.2, -0.15) is 0 Å². The summed E-state index contributed by atoms with van der Waals surface area (Å²) in [5.41, 5.74) is -0.0562. The first-order chi connectivity index (χ1) is 5.56. The summed E-state index contributed by atoms with van der Waals surface area (Å²) in [4.78, 5) is 0. The fraction of sp³-hybridized carbons (Fsp3) is 1.00. The lowest BCUT2D eigenvalue weighted by Crippen LogP contribution is -2.19. The lowest BCUT2D eigenvalue weighted by atomic mass is 10.2. The Balaban J connectivity index is 3.01. The van der Waals surface area contributed by atoms with Crippen LogP contribution in [0.25, 0.3) is 0 Å². The van der Waals surface area contributed by atoms with E-state index in [9.17, 15) is 5.11 Å². The zero-order chi connectivity index (χ0) is 9.45. The minimum Gasteiger partial charge on any atom is -0.376 e. The normalized spacial score (nSPS) is 12.0. The maximum Gasteiger partial charge on any atom is 0.180 e. The highest BCUT2D eigenvalue weighted by Crippen LogP contribution is 2.07. The first kappa shape index (κ1) is 11.9. The van der Waals surface area contributed by atoms with Gasteiger partial charge in [-0.1, -0.05) is 0 Å². The van der Waals surface area contributed by atoms with E-state index in [0.29, 0.717) is 6.61 Å². The summed E-state index contributed by atoms with van der Waals surface area (Å²) in [5, 5.41) is 9.87. The summed E-state index contributed by atoms with van der Waals surface area (Å²) >= 11 is 0. The molecular formula is C9H19O3. The maximum atomic E-state index is 9.87. The molecule has 0 unspecified atom stereocenters. The van der Waals surface area contributed by atoms with E-state index in [-0.39, 0.29) is 5.60 Å². The van der Waals surface area contributed by atoms with Gasteiger partial charge in [0.2, 0.25) is 0 Å². The topological polar surface area (TPSA) is 38.4 Å². The second kappa shape index (κ2) is 6.40. The van der Waals surface area contributed by atoms with Crippen LogP contribution in [0.1, 0.15) is 33.6 Å². The van der Waals surface area contributed by atoms with Gasteiger partial charge in [-0.25, -0.2) is 5.11 Å². The molecule has 3 heteroatoms. The Labute approximate surface area is 74.7 Å². The van der Waals surface area contributed by atoms with Crippen molar-refractivity contribution in [3.8, 4) is 0 Å². The van der Waals surface area contributed by atoms with E-state index in [4.69, 9.17) is 4.74 Å². The maximum absolute atomic E-state index is 9.87. The van der Waals surface area contributed by atoms with Gasteiger partial charge in [-0.05, 0) is 33.6 Å². The van der Waals surface area contributed by atoms with Crippen molar-refractivity contribution < 1.29 is 14.6 Å². The molecule has 0 bridgehead atoms. The molecular weight excluding hydrogens is 156 g/mol. The zero-order valence-electron chi connectivity index (χ0n) is 8.26. The molecule has 0 atom stereocenters. The summed E-state index contributed by atoms with van der Waals surface area (Å²) in [6.45, 7) is 6.95. The second-order valence-electron chi connectivity index (χ2n) is 3.69. The van der Waals surface area contributed by atoms with Crippen molar-refractivity contribution in [2.24, 2.45) is 0 Å². The van der Waals surface area contributed by atoms with Crippen molar-refractivity contribution in [1.82, 2.24) is 0 Å². The van der Waals surface area contributed by atoms with Crippen LogP contribution < -0.4 is 0 Å². The van der Waals surface area contributed by atoms with Gasteiger partial charge in [0.05, 0.1) is 5.60 Å². The fourth-order valence-electron chi connectivity index (χ4n) is 0.743. The zero-order valence-corrected chi connectivity index (χ0v) is 8.26.